The SMILES string of the molecule is CCN(CC(C)C)C1CCC(C#N)(NC)C1. The molecule has 0 radical (unpaired) electrons. The predicted octanol–water partition coefficient (Wildman–Crippen LogP) is 2.00. The van der Waals surface area contributed by atoms with Crippen LogP contribution in [0.4, 0.5) is 0 Å². The van der Waals surface area contributed by atoms with E-state index < -0.39 is 0 Å². The van der Waals surface area contributed by atoms with Crippen LogP contribution in [0.5, 0.6) is 0 Å². The van der Waals surface area contributed by atoms with Crippen molar-refractivity contribution in [2.45, 2.75) is 51.6 Å². The molecule has 1 fully saturated rings. The zero-order valence-electron chi connectivity index (χ0n) is 11.1. The quantitative estimate of drug-likeness (QED) is 0.775. The van der Waals surface area contributed by atoms with Crippen LogP contribution in [0, 0.1) is 17.2 Å². The third kappa shape index (κ3) is 2.96. The number of nitrogens with one attached hydrogen (secondary N) is 1. The molecule has 0 amide bonds. The second kappa shape index (κ2) is 5.65. The zero-order valence-corrected chi connectivity index (χ0v) is 11.1. The van der Waals surface area contributed by atoms with Gasteiger partial charge in [-0.3, -0.25) is 0 Å². The molecule has 0 bridgehead atoms. The average molecular weight is 223 g/mol. The molecule has 2 unspecified atom stereocenters. The molecule has 2 atom stereocenters. The van der Waals surface area contributed by atoms with Crippen LogP contribution in [0.3, 0.4) is 0 Å². The standard InChI is InChI=1S/C13H25N3/c1-5-16(9-11(2)3)12-6-7-13(8-12,10-14)15-4/h11-12,15H,5-9H2,1-4H3. The molecule has 0 aromatic heterocycles. The Morgan fingerprint density at radius 2 is 2.25 bits per heavy atom. The first-order valence-electron chi connectivity index (χ1n) is 6.41. The maximum atomic E-state index is 9.24. The molecule has 0 aromatic carbocycles. The molecule has 92 valence electrons. The number of hydrogen-bond donors (Lipinski definition) is 1. The van der Waals surface area contributed by atoms with Crippen LogP contribution in [0.15, 0.2) is 0 Å². The molecule has 0 saturated heterocycles. The Morgan fingerprint density at radius 3 is 2.62 bits per heavy atom. The topological polar surface area (TPSA) is 39.1 Å². The Balaban J connectivity index is 2.60. The fourth-order valence-corrected chi connectivity index (χ4v) is 2.72. The van der Waals surface area contributed by atoms with Gasteiger partial charge in [0.2, 0.25) is 0 Å². The van der Waals surface area contributed by atoms with E-state index in [1.807, 2.05) is 7.05 Å². The fourth-order valence-electron chi connectivity index (χ4n) is 2.72. The zero-order chi connectivity index (χ0) is 12.2. The van der Waals surface area contributed by atoms with Crippen LogP contribution in [-0.2, 0) is 0 Å². The summed E-state index contributed by atoms with van der Waals surface area (Å²) in [5, 5.41) is 12.4. The van der Waals surface area contributed by atoms with Crippen LogP contribution in [-0.4, -0.2) is 36.6 Å². The molecule has 0 heterocycles. The van der Waals surface area contributed by atoms with Gasteiger partial charge in [0.15, 0.2) is 0 Å². The van der Waals surface area contributed by atoms with E-state index in [1.54, 1.807) is 0 Å². The van der Waals surface area contributed by atoms with Crippen molar-refractivity contribution in [3.8, 4) is 6.07 Å². The summed E-state index contributed by atoms with van der Waals surface area (Å²) in [6, 6.07) is 3.03. The minimum absolute atomic E-state index is 0.269. The van der Waals surface area contributed by atoms with Gasteiger partial charge in [0.1, 0.15) is 5.54 Å². The molecular weight excluding hydrogens is 198 g/mol. The van der Waals surface area contributed by atoms with Gasteiger partial charge >= 0.3 is 0 Å². The minimum Gasteiger partial charge on any atom is -0.302 e. The van der Waals surface area contributed by atoms with Gasteiger partial charge in [-0.1, -0.05) is 20.8 Å². The predicted molar refractivity (Wildman–Crippen MR) is 67.1 cm³/mol. The summed E-state index contributed by atoms with van der Waals surface area (Å²) in [5.41, 5.74) is -0.269. The lowest BCUT2D eigenvalue weighted by molar-refractivity contribution is 0.181. The Hall–Kier alpha value is -0.590. The number of nitriles is 1. The summed E-state index contributed by atoms with van der Waals surface area (Å²) in [7, 11) is 1.91. The van der Waals surface area contributed by atoms with Gasteiger partial charge in [-0.05, 0) is 38.8 Å². The Morgan fingerprint density at radius 1 is 1.56 bits per heavy atom. The maximum Gasteiger partial charge on any atom is 0.108 e. The smallest absolute Gasteiger partial charge is 0.108 e. The monoisotopic (exact) mass is 223 g/mol. The lowest BCUT2D eigenvalue weighted by Crippen LogP contribution is -2.42. The number of nitrogens with zero attached hydrogens (tertiary/aromatic N) is 2. The Bertz CT molecular complexity index is 256. The Labute approximate surface area is 99.8 Å². The first-order chi connectivity index (χ1) is 7.56. The van der Waals surface area contributed by atoms with E-state index in [4.69, 9.17) is 0 Å². The fraction of sp³-hybridized carbons (Fsp3) is 0.923. The van der Waals surface area contributed by atoms with Gasteiger partial charge in [0.05, 0.1) is 6.07 Å². The second-order valence-corrected chi connectivity index (χ2v) is 5.32. The molecule has 3 nitrogen and oxygen atoms in total. The maximum absolute atomic E-state index is 9.24. The van der Waals surface area contributed by atoms with Crippen molar-refractivity contribution in [3.05, 3.63) is 0 Å². The van der Waals surface area contributed by atoms with Gasteiger partial charge < -0.3 is 10.2 Å². The van der Waals surface area contributed by atoms with Crippen molar-refractivity contribution in [2.24, 2.45) is 5.92 Å². The van der Waals surface area contributed by atoms with Gasteiger partial charge in [0, 0.05) is 12.6 Å². The lowest BCUT2D eigenvalue weighted by atomic mass is 9.99. The van der Waals surface area contributed by atoms with E-state index in [9.17, 15) is 5.26 Å². The first-order valence-corrected chi connectivity index (χ1v) is 6.41. The third-order valence-electron chi connectivity index (χ3n) is 3.70. The summed E-state index contributed by atoms with van der Waals surface area (Å²) in [4.78, 5) is 2.53. The first kappa shape index (κ1) is 13.5. The molecule has 1 N–H and O–H groups in total. The van der Waals surface area contributed by atoms with Crippen LogP contribution in [0.25, 0.3) is 0 Å². The highest BCUT2D eigenvalue weighted by Gasteiger charge is 2.40. The van der Waals surface area contributed by atoms with Crippen LogP contribution in [0.1, 0.15) is 40.0 Å². The molecule has 3 heteroatoms. The van der Waals surface area contributed by atoms with E-state index in [-0.39, 0.29) is 5.54 Å². The van der Waals surface area contributed by atoms with Gasteiger partial charge in [-0.25, -0.2) is 0 Å². The van der Waals surface area contributed by atoms with E-state index in [2.05, 4.69) is 37.1 Å². The van der Waals surface area contributed by atoms with Gasteiger partial charge in [-0.2, -0.15) is 5.26 Å². The van der Waals surface area contributed by atoms with Crippen molar-refractivity contribution in [1.82, 2.24) is 10.2 Å². The highest BCUT2D eigenvalue weighted by molar-refractivity contribution is 5.12. The normalized spacial score (nSPS) is 29.9. The van der Waals surface area contributed by atoms with Gasteiger partial charge in [-0.15, -0.1) is 0 Å². The van der Waals surface area contributed by atoms with Crippen LogP contribution in [0.2, 0.25) is 0 Å². The summed E-state index contributed by atoms with van der Waals surface area (Å²) in [5.74, 6) is 0.701. The second-order valence-electron chi connectivity index (χ2n) is 5.32. The summed E-state index contributed by atoms with van der Waals surface area (Å²) in [6.07, 6.45) is 3.11. The highest BCUT2D eigenvalue weighted by Crippen LogP contribution is 2.32. The summed E-state index contributed by atoms with van der Waals surface area (Å²) in [6.45, 7) is 8.97. The van der Waals surface area contributed by atoms with E-state index >= 15 is 0 Å². The average Bonchev–Trinajstić information content (AvgIpc) is 2.70. The third-order valence-corrected chi connectivity index (χ3v) is 3.70. The van der Waals surface area contributed by atoms with E-state index in [1.165, 1.54) is 0 Å². The summed E-state index contributed by atoms with van der Waals surface area (Å²) < 4.78 is 0. The molecule has 1 aliphatic rings. The van der Waals surface area contributed by atoms with Crippen molar-refractivity contribution in [3.63, 3.8) is 0 Å². The molecule has 1 rings (SSSR count). The Kier molecular flexibility index (Phi) is 4.76. The van der Waals surface area contributed by atoms with E-state index in [0.29, 0.717) is 12.0 Å². The van der Waals surface area contributed by atoms with Crippen LogP contribution < -0.4 is 5.32 Å². The molecule has 16 heavy (non-hydrogen) atoms. The highest BCUT2D eigenvalue weighted by atomic mass is 15.2. The van der Waals surface area contributed by atoms with Crippen molar-refractivity contribution in [2.75, 3.05) is 20.1 Å². The minimum atomic E-state index is -0.269. The van der Waals surface area contributed by atoms with Crippen molar-refractivity contribution >= 4 is 0 Å². The number of hydrogen-bond acceptors (Lipinski definition) is 3. The van der Waals surface area contributed by atoms with Crippen molar-refractivity contribution in [1.29, 1.82) is 5.26 Å². The summed E-state index contributed by atoms with van der Waals surface area (Å²) >= 11 is 0. The molecular formula is C13H25N3. The molecule has 0 aliphatic heterocycles. The molecule has 1 aliphatic carbocycles. The molecule has 1 saturated carbocycles. The van der Waals surface area contributed by atoms with E-state index in [0.717, 1.165) is 32.4 Å². The largest absolute Gasteiger partial charge is 0.302 e. The number of rotatable bonds is 5. The molecule has 0 spiro atoms. The lowest BCUT2D eigenvalue weighted by Gasteiger charge is -2.30. The van der Waals surface area contributed by atoms with Crippen molar-refractivity contribution < 1.29 is 0 Å². The molecule has 0 aromatic rings. The van der Waals surface area contributed by atoms with Crippen LogP contribution >= 0.6 is 0 Å². The van der Waals surface area contributed by atoms with Gasteiger partial charge in [0.25, 0.3) is 0 Å².